The van der Waals surface area contributed by atoms with Crippen LogP contribution in [-0.2, 0) is 4.79 Å². The highest BCUT2D eigenvalue weighted by Crippen LogP contribution is 2.16. The minimum Gasteiger partial charge on any atom is -0.484 e. The highest BCUT2D eigenvalue weighted by Gasteiger charge is 2.10. The number of carbonyl (C=O) groups is 1. The van der Waals surface area contributed by atoms with Gasteiger partial charge in [0.1, 0.15) is 5.75 Å². The SMILES string of the molecule is O=C(COc1ccc(C=c2sc3nc4ccccc4n3c2=O)cc1)Nc1ccccc1. The number of amides is 1. The van der Waals surface area contributed by atoms with E-state index in [0.29, 0.717) is 15.2 Å². The third kappa shape index (κ3) is 3.91. The van der Waals surface area contributed by atoms with E-state index in [9.17, 15) is 9.59 Å². The number of nitrogens with one attached hydrogen (secondary N) is 1. The molecule has 5 aromatic rings. The number of rotatable bonds is 5. The minimum atomic E-state index is -0.230. The van der Waals surface area contributed by atoms with Gasteiger partial charge < -0.3 is 10.1 Å². The van der Waals surface area contributed by atoms with Crippen molar-refractivity contribution in [3.8, 4) is 5.75 Å². The number of hydrogen-bond acceptors (Lipinski definition) is 5. The Morgan fingerprint density at radius 2 is 1.74 bits per heavy atom. The van der Waals surface area contributed by atoms with Crippen molar-refractivity contribution in [2.24, 2.45) is 0 Å². The smallest absolute Gasteiger partial charge is 0.274 e. The molecule has 2 aromatic heterocycles. The maximum absolute atomic E-state index is 12.8. The lowest BCUT2D eigenvalue weighted by Crippen LogP contribution is -2.22. The molecule has 2 heterocycles. The summed E-state index contributed by atoms with van der Waals surface area (Å²) in [5, 5.41) is 2.77. The van der Waals surface area contributed by atoms with Crippen LogP contribution in [0.4, 0.5) is 5.69 Å². The number of carbonyl (C=O) groups excluding carboxylic acids is 1. The van der Waals surface area contributed by atoms with Crippen molar-refractivity contribution in [2.45, 2.75) is 0 Å². The van der Waals surface area contributed by atoms with E-state index in [1.807, 2.05) is 72.8 Å². The Morgan fingerprint density at radius 1 is 1.00 bits per heavy atom. The molecule has 31 heavy (non-hydrogen) atoms. The van der Waals surface area contributed by atoms with Gasteiger partial charge in [-0.05, 0) is 48.0 Å². The zero-order chi connectivity index (χ0) is 21.2. The standard InChI is InChI=1S/C24H17N3O3S/c28-22(25-17-6-2-1-3-7-17)15-30-18-12-10-16(11-13-18)14-21-23(29)27-20-9-5-4-8-19(20)26-24(27)31-21/h1-14H,15H2,(H,25,28). The largest absolute Gasteiger partial charge is 0.484 e. The van der Waals surface area contributed by atoms with Crippen LogP contribution in [0.5, 0.6) is 5.75 Å². The van der Waals surface area contributed by atoms with Crippen LogP contribution in [0.2, 0.25) is 0 Å². The average Bonchev–Trinajstić information content (AvgIpc) is 3.30. The summed E-state index contributed by atoms with van der Waals surface area (Å²) in [6.45, 7) is -0.0855. The van der Waals surface area contributed by atoms with E-state index in [0.717, 1.165) is 22.3 Å². The molecule has 0 unspecified atom stereocenters. The molecule has 0 spiro atoms. The lowest BCUT2D eigenvalue weighted by molar-refractivity contribution is -0.118. The van der Waals surface area contributed by atoms with Gasteiger partial charge in [-0.3, -0.25) is 9.59 Å². The van der Waals surface area contributed by atoms with Gasteiger partial charge in [-0.1, -0.05) is 53.8 Å². The van der Waals surface area contributed by atoms with Gasteiger partial charge in [0.25, 0.3) is 11.5 Å². The fourth-order valence-electron chi connectivity index (χ4n) is 3.29. The second-order valence-corrected chi connectivity index (χ2v) is 7.92. The molecule has 6 nitrogen and oxygen atoms in total. The second-order valence-electron chi connectivity index (χ2n) is 6.91. The van der Waals surface area contributed by atoms with Crippen LogP contribution in [0, 0.1) is 0 Å². The second kappa shape index (κ2) is 8.04. The first-order valence-corrected chi connectivity index (χ1v) is 10.5. The Bertz CT molecular complexity index is 1490. The maximum Gasteiger partial charge on any atom is 0.274 e. The Balaban J connectivity index is 1.31. The molecule has 0 saturated heterocycles. The molecule has 0 bridgehead atoms. The molecule has 5 rings (SSSR count). The lowest BCUT2D eigenvalue weighted by Gasteiger charge is -2.07. The van der Waals surface area contributed by atoms with Crippen molar-refractivity contribution in [3.63, 3.8) is 0 Å². The zero-order valence-electron chi connectivity index (χ0n) is 16.3. The van der Waals surface area contributed by atoms with Crippen LogP contribution >= 0.6 is 11.3 Å². The Kier molecular flexibility index (Phi) is 4.93. The van der Waals surface area contributed by atoms with Gasteiger partial charge >= 0.3 is 0 Å². The summed E-state index contributed by atoms with van der Waals surface area (Å²) in [6, 6.07) is 24.1. The van der Waals surface area contributed by atoms with E-state index in [4.69, 9.17) is 4.74 Å². The van der Waals surface area contributed by atoms with Gasteiger partial charge in [-0.25, -0.2) is 9.38 Å². The summed E-state index contributed by atoms with van der Waals surface area (Å²) in [5.74, 6) is 0.349. The quantitative estimate of drug-likeness (QED) is 0.466. The van der Waals surface area contributed by atoms with E-state index in [2.05, 4.69) is 10.3 Å². The van der Waals surface area contributed by atoms with Gasteiger partial charge in [0, 0.05) is 5.69 Å². The number of thiazole rings is 1. The maximum atomic E-state index is 12.8. The van der Waals surface area contributed by atoms with Gasteiger partial charge in [-0.15, -0.1) is 0 Å². The third-order valence-corrected chi connectivity index (χ3v) is 5.72. The van der Waals surface area contributed by atoms with E-state index in [1.165, 1.54) is 11.3 Å². The molecule has 0 atom stereocenters. The molecule has 1 N–H and O–H groups in total. The zero-order valence-corrected chi connectivity index (χ0v) is 17.1. The first kappa shape index (κ1) is 19.0. The predicted molar refractivity (Wildman–Crippen MR) is 123 cm³/mol. The van der Waals surface area contributed by atoms with Crippen molar-refractivity contribution >= 4 is 45.0 Å². The predicted octanol–water partition coefficient (Wildman–Crippen LogP) is 3.47. The summed E-state index contributed by atoms with van der Waals surface area (Å²) in [4.78, 5) is 30.0. The Hall–Kier alpha value is -3.97. The van der Waals surface area contributed by atoms with Crippen molar-refractivity contribution < 1.29 is 9.53 Å². The van der Waals surface area contributed by atoms with E-state index >= 15 is 0 Å². The highest BCUT2D eigenvalue weighted by atomic mass is 32.1. The van der Waals surface area contributed by atoms with Crippen molar-refractivity contribution in [3.05, 3.63) is 99.3 Å². The number of imidazole rings is 1. The van der Waals surface area contributed by atoms with Gasteiger partial charge in [-0.2, -0.15) is 0 Å². The molecule has 0 aliphatic heterocycles. The minimum absolute atomic E-state index is 0.0772. The summed E-state index contributed by atoms with van der Waals surface area (Å²) in [6.07, 6.45) is 1.84. The normalized spacial score (nSPS) is 11.8. The first-order chi connectivity index (χ1) is 15.2. The molecule has 7 heteroatoms. The van der Waals surface area contributed by atoms with Crippen LogP contribution in [0.15, 0.2) is 83.7 Å². The van der Waals surface area contributed by atoms with Crippen LogP contribution in [0.3, 0.4) is 0 Å². The summed E-state index contributed by atoms with van der Waals surface area (Å²) < 4.78 is 7.82. The Labute approximate surface area is 181 Å². The number of hydrogen-bond donors (Lipinski definition) is 1. The van der Waals surface area contributed by atoms with Gasteiger partial charge in [0.05, 0.1) is 15.6 Å². The Morgan fingerprint density at radius 3 is 2.55 bits per heavy atom. The van der Waals surface area contributed by atoms with Crippen molar-refractivity contribution in [1.82, 2.24) is 9.38 Å². The fourth-order valence-corrected chi connectivity index (χ4v) is 4.28. The number of ether oxygens (including phenoxy) is 1. The van der Waals surface area contributed by atoms with E-state index in [1.54, 1.807) is 16.5 Å². The van der Waals surface area contributed by atoms with Crippen molar-refractivity contribution in [1.29, 1.82) is 0 Å². The monoisotopic (exact) mass is 427 g/mol. The summed E-state index contributed by atoms with van der Waals surface area (Å²) >= 11 is 1.36. The average molecular weight is 427 g/mol. The first-order valence-electron chi connectivity index (χ1n) is 9.67. The highest BCUT2D eigenvalue weighted by molar-refractivity contribution is 7.15. The number of para-hydroxylation sites is 3. The number of benzene rings is 3. The summed E-state index contributed by atoms with van der Waals surface area (Å²) in [5.41, 5.74) is 3.15. The molecular weight excluding hydrogens is 410 g/mol. The fraction of sp³-hybridized carbons (Fsp3) is 0.0417. The molecular formula is C24H17N3O3S. The molecule has 152 valence electrons. The molecule has 0 aliphatic rings. The molecule has 3 aromatic carbocycles. The molecule has 0 fully saturated rings. The molecule has 0 saturated carbocycles. The number of nitrogens with zero attached hydrogens (tertiary/aromatic N) is 2. The van der Waals surface area contributed by atoms with E-state index in [-0.39, 0.29) is 18.1 Å². The van der Waals surface area contributed by atoms with Gasteiger partial charge in [0.2, 0.25) is 0 Å². The topological polar surface area (TPSA) is 72.7 Å². The molecule has 0 radical (unpaired) electrons. The van der Waals surface area contributed by atoms with Gasteiger partial charge in [0.15, 0.2) is 11.6 Å². The van der Waals surface area contributed by atoms with Crippen molar-refractivity contribution in [2.75, 3.05) is 11.9 Å². The van der Waals surface area contributed by atoms with Crippen LogP contribution in [-0.4, -0.2) is 21.9 Å². The lowest BCUT2D eigenvalue weighted by atomic mass is 10.2. The third-order valence-electron chi connectivity index (χ3n) is 4.75. The van der Waals surface area contributed by atoms with Crippen LogP contribution in [0.1, 0.15) is 5.56 Å². The number of aromatic nitrogens is 2. The molecule has 0 aliphatic carbocycles. The summed E-state index contributed by atoms with van der Waals surface area (Å²) in [7, 11) is 0. The number of fused-ring (bicyclic) bond motifs is 3. The van der Waals surface area contributed by atoms with Crippen LogP contribution in [0.25, 0.3) is 22.1 Å². The number of anilines is 1. The van der Waals surface area contributed by atoms with E-state index < -0.39 is 0 Å². The molecule has 1 amide bonds. The van der Waals surface area contributed by atoms with Crippen LogP contribution < -0.4 is 20.1 Å².